The molecule has 2 unspecified atom stereocenters. The molecule has 4 heteroatoms. The highest BCUT2D eigenvalue weighted by Crippen LogP contribution is 2.26. The summed E-state index contributed by atoms with van der Waals surface area (Å²) in [6.07, 6.45) is 2.48. The third-order valence-corrected chi connectivity index (χ3v) is 4.52. The van der Waals surface area contributed by atoms with Crippen LogP contribution in [0, 0.1) is 11.6 Å². The van der Waals surface area contributed by atoms with Gasteiger partial charge in [0.1, 0.15) is 0 Å². The number of benzene rings is 1. The average Bonchev–Trinajstić information content (AvgIpc) is 2.82. The van der Waals surface area contributed by atoms with E-state index in [4.69, 9.17) is 0 Å². The Kier molecular flexibility index (Phi) is 4.40. The quantitative estimate of drug-likeness (QED) is 0.886. The van der Waals surface area contributed by atoms with Crippen molar-refractivity contribution < 1.29 is 8.78 Å². The van der Waals surface area contributed by atoms with Gasteiger partial charge in [0.2, 0.25) is 0 Å². The maximum atomic E-state index is 13.5. The van der Waals surface area contributed by atoms with Gasteiger partial charge in [-0.3, -0.25) is 0 Å². The molecular formula is C13H17F2NS. The van der Waals surface area contributed by atoms with Crippen LogP contribution < -0.4 is 5.32 Å². The second-order valence-electron chi connectivity index (χ2n) is 4.41. The van der Waals surface area contributed by atoms with Gasteiger partial charge in [-0.05, 0) is 31.6 Å². The Bertz CT molecular complexity index is 378. The summed E-state index contributed by atoms with van der Waals surface area (Å²) in [5.74, 6) is -0.285. The van der Waals surface area contributed by atoms with Gasteiger partial charge in [-0.25, -0.2) is 8.78 Å². The van der Waals surface area contributed by atoms with Crippen LogP contribution in [0.2, 0.25) is 0 Å². The summed E-state index contributed by atoms with van der Waals surface area (Å²) in [6.45, 7) is 2.74. The lowest BCUT2D eigenvalue weighted by atomic mass is 10.1. The largest absolute Gasteiger partial charge is 0.309 e. The zero-order valence-corrected chi connectivity index (χ0v) is 10.7. The molecule has 1 aromatic rings. The van der Waals surface area contributed by atoms with Crippen molar-refractivity contribution in [3.05, 3.63) is 35.4 Å². The van der Waals surface area contributed by atoms with Crippen LogP contribution >= 0.6 is 11.8 Å². The molecule has 1 heterocycles. The Morgan fingerprint density at radius 1 is 1.47 bits per heavy atom. The second-order valence-corrected chi connectivity index (χ2v) is 5.82. The van der Waals surface area contributed by atoms with Crippen LogP contribution in [0.4, 0.5) is 8.78 Å². The van der Waals surface area contributed by atoms with Crippen LogP contribution in [0.5, 0.6) is 0 Å². The lowest BCUT2D eigenvalue weighted by Gasteiger charge is -2.17. The molecule has 1 saturated heterocycles. The molecule has 1 aliphatic rings. The fourth-order valence-electron chi connectivity index (χ4n) is 2.08. The van der Waals surface area contributed by atoms with E-state index in [1.807, 2.05) is 18.7 Å². The Hall–Kier alpha value is -0.610. The summed E-state index contributed by atoms with van der Waals surface area (Å²) in [6, 6.07) is 4.19. The van der Waals surface area contributed by atoms with Crippen molar-refractivity contribution in [3.63, 3.8) is 0 Å². The first-order chi connectivity index (χ1) is 8.18. The summed E-state index contributed by atoms with van der Waals surface area (Å²) in [4.78, 5) is 0. The molecule has 1 aromatic carbocycles. The fourth-order valence-corrected chi connectivity index (χ4v) is 3.29. The monoisotopic (exact) mass is 257 g/mol. The summed E-state index contributed by atoms with van der Waals surface area (Å²) in [7, 11) is 0. The molecule has 0 aromatic heterocycles. The normalized spacial score (nSPS) is 21.7. The van der Waals surface area contributed by atoms with Crippen molar-refractivity contribution >= 4 is 11.8 Å². The number of thioether (sulfide) groups is 1. The van der Waals surface area contributed by atoms with Gasteiger partial charge in [-0.1, -0.05) is 12.1 Å². The highest BCUT2D eigenvalue weighted by Gasteiger charge is 2.18. The predicted octanol–water partition coefficient (Wildman–Crippen LogP) is 3.51. The van der Waals surface area contributed by atoms with E-state index < -0.39 is 11.6 Å². The van der Waals surface area contributed by atoms with Crippen LogP contribution in [0.25, 0.3) is 0 Å². The third kappa shape index (κ3) is 3.19. The highest BCUT2D eigenvalue weighted by molar-refractivity contribution is 8.00. The first-order valence-corrected chi connectivity index (χ1v) is 7.02. The van der Waals surface area contributed by atoms with Crippen LogP contribution in [0.3, 0.4) is 0 Å². The molecule has 1 N–H and O–H groups in total. The van der Waals surface area contributed by atoms with Crippen LogP contribution in [0.15, 0.2) is 18.2 Å². The fraction of sp³-hybridized carbons (Fsp3) is 0.538. The predicted molar refractivity (Wildman–Crippen MR) is 68.3 cm³/mol. The third-order valence-electron chi connectivity index (χ3n) is 3.12. The van der Waals surface area contributed by atoms with Crippen molar-refractivity contribution in [1.29, 1.82) is 0 Å². The Morgan fingerprint density at radius 3 is 3.00 bits per heavy atom. The minimum absolute atomic E-state index is 0.146. The van der Waals surface area contributed by atoms with Crippen molar-refractivity contribution in [1.82, 2.24) is 5.32 Å². The molecular weight excluding hydrogens is 240 g/mol. The van der Waals surface area contributed by atoms with Crippen molar-refractivity contribution in [2.75, 3.05) is 12.3 Å². The molecule has 1 aliphatic heterocycles. The van der Waals surface area contributed by atoms with E-state index in [0.29, 0.717) is 10.8 Å². The molecule has 17 heavy (non-hydrogen) atoms. The zero-order chi connectivity index (χ0) is 12.3. The minimum Gasteiger partial charge on any atom is -0.309 e. The van der Waals surface area contributed by atoms with E-state index in [9.17, 15) is 8.78 Å². The van der Waals surface area contributed by atoms with Crippen molar-refractivity contribution in [2.24, 2.45) is 0 Å². The first-order valence-electron chi connectivity index (χ1n) is 5.97. The second kappa shape index (κ2) is 5.83. The molecule has 1 fully saturated rings. The van der Waals surface area contributed by atoms with Gasteiger partial charge < -0.3 is 5.32 Å². The van der Waals surface area contributed by atoms with E-state index in [-0.39, 0.29) is 6.04 Å². The Labute approximate surface area is 105 Å². The summed E-state index contributed by atoms with van der Waals surface area (Å²) in [5.41, 5.74) is 0.410. The number of rotatable bonds is 4. The summed E-state index contributed by atoms with van der Waals surface area (Å²) < 4.78 is 26.6. The van der Waals surface area contributed by atoms with E-state index in [1.54, 1.807) is 12.1 Å². The topological polar surface area (TPSA) is 12.0 Å². The van der Waals surface area contributed by atoms with Gasteiger partial charge in [0.25, 0.3) is 0 Å². The van der Waals surface area contributed by atoms with Gasteiger partial charge in [0.05, 0.1) is 0 Å². The molecule has 2 atom stereocenters. The van der Waals surface area contributed by atoms with E-state index in [0.717, 1.165) is 12.6 Å². The number of halogens is 2. The van der Waals surface area contributed by atoms with Gasteiger partial charge in [-0.2, -0.15) is 11.8 Å². The zero-order valence-electron chi connectivity index (χ0n) is 9.88. The van der Waals surface area contributed by atoms with Gasteiger partial charge in [0.15, 0.2) is 11.6 Å². The number of hydrogen-bond donors (Lipinski definition) is 1. The SMILES string of the molecule is CC(NCC1CCCS1)c1cccc(F)c1F. The number of hydrogen-bond acceptors (Lipinski definition) is 2. The van der Waals surface area contributed by atoms with Crippen LogP contribution in [-0.4, -0.2) is 17.5 Å². The summed E-state index contributed by atoms with van der Waals surface area (Å²) >= 11 is 1.96. The summed E-state index contributed by atoms with van der Waals surface area (Å²) in [5, 5.41) is 3.90. The molecule has 0 radical (unpaired) electrons. The first kappa shape index (κ1) is 12.8. The molecule has 0 aliphatic carbocycles. The van der Waals surface area contributed by atoms with E-state index in [2.05, 4.69) is 5.32 Å². The average molecular weight is 257 g/mol. The standard InChI is InChI=1S/C13H17F2NS/c1-9(16-8-10-4-3-7-17-10)11-5-2-6-12(14)13(11)15/h2,5-6,9-10,16H,3-4,7-8H2,1H3. The maximum Gasteiger partial charge on any atom is 0.163 e. The molecule has 0 saturated carbocycles. The minimum atomic E-state index is -0.772. The number of nitrogens with one attached hydrogen (secondary N) is 1. The molecule has 1 nitrogen and oxygen atoms in total. The van der Waals surface area contributed by atoms with E-state index in [1.165, 1.54) is 18.6 Å². The molecule has 94 valence electrons. The molecule has 2 rings (SSSR count). The van der Waals surface area contributed by atoms with Crippen molar-refractivity contribution in [2.45, 2.75) is 31.1 Å². The maximum absolute atomic E-state index is 13.5. The van der Waals surface area contributed by atoms with Gasteiger partial charge in [0, 0.05) is 23.4 Å². The molecule has 0 amide bonds. The van der Waals surface area contributed by atoms with Gasteiger partial charge >= 0.3 is 0 Å². The smallest absolute Gasteiger partial charge is 0.163 e. The van der Waals surface area contributed by atoms with E-state index >= 15 is 0 Å². The Balaban J connectivity index is 1.94. The molecule has 0 spiro atoms. The molecule has 0 bridgehead atoms. The highest BCUT2D eigenvalue weighted by atomic mass is 32.2. The van der Waals surface area contributed by atoms with Gasteiger partial charge in [-0.15, -0.1) is 0 Å². The Morgan fingerprint density at radius 2 is 2.29 bits per heavy atom. The van der Waals surface area contributed by atoms with Crippen LogP contribution in [0.1, 0.15) is 31.4 Å². The van der Waals surface area contributed by atoms with Crippen molar-refractivity contribution in [3.8, 4) is 0 Å². The lowest BCUT2D eigenvalue weighted by molar-refractivity contribution is 0.471. The lowest BCUT2D eigenvalue weighted by Crippen LogP contribution is -2.26. The van der Waals surface area contributed by atoms with Crippen LogP contribution in [-0.2, 0) is 0 Å².